The standard InChI is InChI=1S/C15H14N6O5S4.Na/c16-14-21(26)7(4-28-14)1-8(22)18-9-11(23)20-10(13(24)25)6(2-27-12(9)20)3-29-15-19-17-5-30-15;/h4-5,9,12,16,26H,1-3H2,(H,18,22)(H,24,25);/q;+1/p-1/t9?,12-;/m0./s1. The van der Waals surface area contributed by atoms with Crippen LogP contribution >= 0.6 is 46.2 Å². The Hall–Kier alpha value is -1.36. The summed E-state index contributed by atoms with van der Waals surface area (Å²) in [5, 5.41) is 40.0. The van der Waals surface area contributed by atoms with Crippen LogP contribution in [0.2, 0.25) is 0 Å². The van der Waals surface area contributed by atoms with E-state index in [1.54, 1.807) is 5.51 Å². The number of aromatic nitrogens is 3. The van der Waals surface area contributed by atoms with Crippen molar-refractivity contribution in [2.75, 3.05) is 11.5 Å². The Kier molecular flexibility index (Phi) is 7.88. The van der Waals surface area contributed by atoms with Crippen LogP contribution in [0.1, 0.15) is 5.69 Å². The number of carbonyl (C=O) groups is 3. The summed E-state index contributed by atoms with van der Waals surface area (Å²) in [6.07, 6.45) is -0.208. The largest absolute Gasteiger partial charge is 1.00 e. The number of aliphatic carboxylic acids is 1. The maximum absolute atomic E-state index is 12.6. The Morgan fingerprint density at radius 1 is 1.42 bits per heavy atom. The number of β-lactam (4-membered cyclic amide) rings is 1. The van der Waals surface area contributed by atoms with Gasteiger partial charge in [0, 0.05) is 16.9 Å². The van der Waals surface area contributed by atoms with Crippen LogP contribution in [0.5, 0.6) is 0 Å². The zero-order chi connectivity index (χ0) is 21.4. The van der Waals surface area contributed by atoms with E-state index in [4.69, 9.17) is 5.41 Å². The summed E-state index contributed by atoms with van der Waals surface area (Å²) in [4.78, 5) is 37.7. The second kappa shape index (κ2) is 10.1. The number of hydrogen-bond acceptors (Lipinski definition) is 12. The molecule has 0 bridgehead atoms. The molecule has 1 saturated heterocycles. The quantitative estimate of drug-likeness (QED) is 0.146. The Morgan fingerprint density at radius 2 is 2.19 bits per heavy atom. The number of fused-ring (bicyclic) bond motifs is 1. The number of carboxylic acid groups (broad SMARTS) is 1. The van der Waals surface area contributed by atoms with Crippen LogP contribution in [-0.2, 0) is 20.8 Å². The van der Waals surface area contributed by atoms with Gasteiger partial charge in [-0.2, -0.15) is 4.73 Å². The van der Waals surface area contributed by atoms with Crippen molar-refractivity contribution in [1.29, 1.82) is 5.41 Å². The van der Waals surface area contributed by atoms with Gasteiger partial charge < -0.3 is 20.4 Å². The molecule has 1 unspecified atom stereocenters. The zero-order valence-corrected chi connectivity index (χ0v) is 21.2. The second-order valence-corrected chi connectivity index (χ2v) is 10.2. The molecule has 0 spiro atoms. The molecule has 31 heavy (non-hydrogen) atoms. The number of nitrogens with one attached hydrogen (secondary N) is 2. The topological polar surface area (TPSA) is 164 Å². The van der Waals surface area contributed by atoms with E-state index < -0.39 is 29.2 Å². The summed E-state index contributed by atoms with van der Waals surface area (Å²) < 4.78 is 1.30. The molecular formula is C15H13N6NaO5S4. The van der Waals surface area contributed by atoms with Gasteiger partial charge in [-0.1, -0.05) is 23.1 Å². The van der Waals surface area contributed by atoms with Crippen molar-refractivity contribution in [3.8, 4) is 0 Å². The molecule has 16 heteroatoms. The van der Waals surface area contributed by atoms with Crippen LogP contribution in [-0.4, -0.2) is 65.7 Å². The van der Waals surface area contributed by atoms with Gasteiger partial charge in [0.05, 0.1) is 23.8 Å². The maximum atomic E-state index is 12.6. The molecule has 158 valence electrons. The van der Waals surface area contributed by atoms with Crippen LogP contribution < -0.4 is 44.8 Å². The molecule has 3 N–H and O–H groups in total. The third-order valence-corrected chi connectivity index (χ3v) is 8.45. The number of amides is 2. The van der Waals surface area contributed by atoms with Crippen molar-refractivity contribution in [2.45, 2.75) is 22.2 Å². The van der Waals surface area contributed by atoms with Gasteiger partial charge in [0.2, 0.25) is 10.7 Å². The fourth-order valence-corrected chi connectivity index (χ4v) is 6.64. The summed E-state index contributed by atoms with van der Waals surface area (Å²) in [6.45, 7) is 0. The number of carboxylic acids is 1. The molecular weight excluding hydrogens is 495 g/mol. The normalized spacial score (nSPS) is 20.0. The molecule has 0 aromatic carbocycles. The van der Waals surface area contributed by atoms with Crippen molar-refractivity contribution >= 4 is 64.0 Å². The molecule has 2 aromatic rings. The van der Waals surface area contributed by atoms with Crippen LogP contribution in [0.25, 0.3) is 0 Å². The van der Waals surface area contributed by atoms with E-state index in [9.17, 15) is 24.7 Å². The Morgan fingerprint density at radius 3 is 2.81 bits per heavy atom. The Labute approximate surface area is 213 Å². The second-order valence-electron chi connectivity index (χ2n) is 6.21. The van der Waals surface area contributed by atoms with E-state index in [0.717, 1.165) is 16.2 Å². The van der Waals surface area contributed by atoms with Crippen LogP contribution in [0, 0.1) is 5.41 Å². The molecule has 2 aliphatic heterocycles. The predicted octanol–water partition coefficient (Wildman–Crippen LogP) is -4.14. The molecule has 2 atom stereocenters. The van der Waals surface area contributed by atoms with Gasteiger partial charge >= 0.3 is 29.6 Å². The van der Waals surface area contributed by atoms with Crippen LogP contribution in [0.3, 0.4) is 0 Å². The number of thioether (sulfide) groups is 2. The molecule has 0 saturated carbocycles. The van der Waals surface area contributed by atoms with Crippen LogP contribution in [0.4, 0.5) is 0 Å². The molecule has 11 nitrogen and oxygen atoms in total. The Bertz CT molecular complexity index is 1100. The molecule has 1 fully saturated rings. The van der Waals surface area contributed by atoms with Gasteiger partial charge in [-0.3, -0.25) is 19.9 Å². The maximum Gasteiger partial charge on any atom is 1.00 e. The Balaban J connectivity index is 0.00000272. The van der Waals surface area contributed by atoms with Crippen molar-refractivity contribution in [2.24, 2.45) is 0 Å². The summed E-state index contributed by atoms with van der Waals surface area (Å²) in [6, 6.07) is -0.865. The number of nitrogens with zero attached hydrogens (tertiary/aromatic N) is 4. The van der Waals surface area contributed by atoms with Crippen molar-refractivity contribution < 1.29 is 54.3 Å². The molecule has 2 amide bonds. The molecule has 0 radical (unpaired) electrons. The van der Waals surface area contributed by atoms with E-state index in [1.165, 1.54) is 40.2 Å². The van der Waals surface area contributed by atoms with Gasteiger partial charge in [0.25, 0.3) is 5.91 Å². The van der Waals surface area contributed by atoms with Crippen molar-refractivity contribution in [3.05, 3.63) is 32.7 Å². The molecule has 2 aliphatic rings. The molecule has 4 heterocycles. The minimum absolute atomic E-state index is 0. The van der Waals surface area contributed by atoms with E-state index in [-0.39, 0.29) is 52.2 Å². The zero-order valence-electron chi connectivity index (χ0n) is 15.9. The van der Waals surface area contributed by atoms with Crippen molar-refractivity contribution in [1.82, 2.24) is 25.1 Å². The van der Waals surface area contributed by atoms with Gasteiger partial charge in [-0.15, -0.1) is 33.3 Å². The summed E-state index contributed by atoms with van der Waals surface area (Å²) in [5.41, 5.74) is 2.20. The summed E-state index contributed by atoms with van der Waals surface area (Å²) in [7, 11) is 0. The number of thiazole rings is 1. The predicted molar refractivity (Wildman–Crippen MR) is 107 cm³/mol. The summed E-state index contributed by atoms with van der Waals surface area (Å²) in [5.74, 6) is -1.76. The number of hydrogen-bond donors (Lipinski definition) is 3. The first-order valence-corrected chi connectivity index (χ1v) is 12.2. The van der Waals surface area contributed by atoms with E-state index in [2.05, 4.69) is 15.5 Å². The first-order chi connectivity index (χ1) is 14.4. The smallest absolute Gasteiger partial charge is 0.543 e. The number of rotatable bonds is 7. The minimum Gasteiger partial charge on any atom is -0.543 e. The molecule has 0 aliphatic carbocycles. The summed E-state index contributed by atoms with van der Waals surface area (Å²) >= 11 is 5.00. The molecule has 2 aromatic heterocycles. The fourth-order valence-electron chi connectivity index (χ4n) is 3.02. The first kappa shape index (κ1) is 24.3. The molecule has 4 rings (SSSR count). The minimum atomic E-state index is -1.44. The third kappa shape index (κ3) is 4.86. The van der Waals surface area contributed by atoms with Gasteiger partial charge in [0.1, 0.15) is 16.9 Å². The first-order valence-electron chi connectivity index (χ1n) is 8.36. The third-order valence-electron chi connectivity index (χ3n) is 4.38. The van der Waals surface area contributed by atoms with E-state index in [0.29, 0.717) is 26.1 Å². The average molecular weight is 509 g/mol. The van der Waals surface area contributed by atoms with Gasteiger partial charge in [-0.05, 0) is 5.57 Å². The van der Waals surface area contributed by atoms with Crippen LogP contribution in [0.15, 0.2) is 26.5 Å². The number of carbonyl (C=O) groups excluding carboxylic acids is 3. The monoisotopic (exact) mass is 508 g/mol. The average Bonchev–Trinajstić information content (AvgIpc) is 3.35. The fraction of sp³-hybridized carbons (Fsp3) is 0.333. The van der Waals surface area contributed by atoms with E-state index in [1.807, 2.05) is 0 Å². The van der Waals surface area contributed by atoms with Gasteiger partial charge in [0.15, 0.2) is 4.34 Å². The van der Waals surface area contributed by atoms with Crippen molar-refractivity contribution in [3.63, 3.8) is 0 Å². The van der Waals surface area contributed by atoms with Gasteiger partial charge in [-0.25, -0.2) is 0 Å². The SMILES string of the molecule is N=c1scc(CC(=O)NC2C(=O)N3C(C(=O)[O-])=C(CSc4nncs4)CS[C@@H]23)n1O.[Na+]. The van der Waals surface area contributed by atoms with E-state index >= 15 is 0 Å².